The molecular weight excluding hydrogens is 282 g/mol. The van der Waals surface area contributed by atoms with Crippen LogP contribution in [0, 0.1) is 6.92 Å². The predicted octanol–water partition coefficient (Wildman–Crippen LogP) is 4.60. The maximum Gasteiger partial charge on any atom is 0.122 e. The van der Waals surface area contributed by atoms with Gasteiger partial charge in [0.15, 0.2) is 0 Å². The second kappa shape index (κ2) is 8.06. The van der Waals surface area contributed by atoms with Crippen molar-refractivity contribution in [2.24, 2.45) is 0 Å². The summed E-state index contributed by atoms with van der Waals surface area (Å²) in [6, 6.07) is 16.0. The van der Waals surface area contributed by atoms with E-state index in [1.807, 2.05) is 42.5 Å². The second-order valence-corrected chi connectivity index (χ2v) is 5.54. The molecule has 2 nitrogen and oxygen atoms in total. The molecule has 0 saturated heterocycles. The van der Waals surface area contributed by atoms with Gasteiger partial charge in [-0.25, -0.2) is 0 Å². The summed E-state index contributed by atoms with van der Waals surface area (Å²) >= 11 is 6.15. The van der Waals surface area contributed by atoms with Gasteiger partial charge in [0.25, 0.3) is 0 Å². The van der Waals surface area contributed by atoms with Crippen molar-refractivity contribution in [2.75, 3.05) is 6.54 Å². The fourth-order valence-corrected chi connectivity index (χ4v) is 2.35. The zero-order valence-corrected chi connectivity index (χ0v) is 13.4. The summed E-state index contributed by atoms with van der Waals surface area (Å²) in [5.74, 6) is 0.962. The number of nitrogens with one attached hydrogen (secondary N) is 1. The van der Waals surface area contributed by atoms with E-state index >= 15 is 0 Å². The molecule has 2 aromatic rings. The van der Waals surface area contributed by atoms with E-state index in [-0.39, 0.29) is 6.10 Å². The van der Waals surface area contributed by atoms with Gasteiger partial charge in [0.1, 0.15) is 11.9 Å². The zero-order chi connectivity index (χ0) is 15.1. The number of benzene rings is 2. The van der Waals surface area contributed by atoms with Crippen LogP contribution in [-0.4, -0.2) is 12.6 Å². The third kappa shape index (κ3) is 4.76. The monoisotopic (exact) mass is 303 g/mol. The van der Waals surface area contributed by atoms with Gasteiger partial charge in [-0.2, -0.15) is 0 Å². The van der Waals surface area contributed by atoms with Crippen molar-refractivity contribution in [3.05, 3.63) is 64.7 Å². The fourth-order valence-electron chi connectivity index (χ4n) is 2.15. The molecule has 0 aliphatic heterocycles. The lowest BCUT2D eigenvalue weighted by molar-refractivity contribution is 0.192. The van der Waals surface area contributed by atoms with Gasteiger partial charge in [0.2, 0.25) is 0 Å². The van der Waals surface area contributed by atoms with Crippen LogP contribution in [0.5, 0.6) is 5.75 Å². The number of para-hydroxylation sites is 1. The molecule has 0 aliphatic rings. The lowest BCUT2D eigenvalue weighted by Crippen LogP contribution is -2.30. The van der Waals surface area contributed by atoms with E-state index in [0.717, 1.165) is 35.8 Å². The van der Waals surface area contributed by atoms with Gasteiger partial charge in [0.05, 0.1) is 0 Å². The molecule has 0 amide bonds. The molecule has 0 radical (unpaired) electrons. The summed E-state index contributed by atoms with van der Waals surface area (Å²) in [6.07, 6.45) is 1.12. The van der Waals surface area contributed by atoms with Gasteiger partial charge in [0, 0.05) is 18.1 Å². The van der Waals surface area contributed by atoms with E-state index in [9.17, 15) is 0 Å². The molecule has 2 aromatic carbocycles. The highest BCUT2D eigenvalue weighted by atomic mass is 35.5. The van der Waals surface area contributed by atoms with Crippen molar-refractivity contribution in [1.82, 2.24) is 5.32 Å². The molecule has 1 atom stereocenters. The van der Waals surface area contributed by atoms with E-state index in [2.05, 4.69) is 25.2 Å². The number of hydrogen-bond acceptors (Lipinski definition) is 2. The first-order valence-corrected chi connectivity index (χ1v) is 7.75. The molecule has 0 fully saturated rings. The van der Waals surface area contributed by atoms with Crippen LogP contribution in [0.2, 0.25) is 5.02 Å². The molecule has 0 aromatic heterocycles. The summed E-state index contributed by atoms with van der Waals surface area (Å²) in [5, 5.41) is 4.23. The Bertz CT molecular complexity index is 571. The van der Waals surface area contributed by atoms with Crippen LogP contribution in [0.4, 0.5) is 0 Å². The number of halogens is 1. The third-order valence-corrected chi connectivity index (χ3v) is 3.86. The molecule has 0 aliphatic carbocycles. The van der Waals surface area contributed by atoms with Crippen molar-refractivity contribution in [3.63, 3.8) is 0 Å². The quantitative estimate of drug-likeness (QED) is 0.807. The Balaban J connectivity index is 1.86. The average Bonchev–Trinajstić information content (AvgIpc) is 2.50. The third-order valence-electron chi connectivity index (χ3n) is 3.49. The Hall–Kier alpha value is -1.51. The SMILES string of the molecule is CC[C@@H](CNCc1ccccc1Cl)Oc1ccccc1C. The Morgan fingerprint density at radius 3 is 2.52 bits per heavy atom. The van der Waals surface area contributed by atoms with Crippen LogP contribution >= 0.6 is 11.6 Å². The molecular formula is C18H22ClNO. The Morgan fingerprint density at radius 2 is 1.81 bits per heavy atom. The molecule has 2 rings (SSSR count). The largest absolute Gasteiger partial charge is 0.489 e. The minimum absolute atomic E-state index is 0.161. The van der Waals surface area contributed by atoms with Gasteiger partial charge in [-0.15, -0.1) is 0 Å². The summed E-state index contributed by atoms with van der Waals surface area (Å²) in [6.45, 7) is 5.77. The first kappa shape index (κ1) is 15.9. The summed E-state index contributed by atoms with van der Waals surface area (Å²) in [5.41, 5.74) is 2.28. The zero-order valence-electron chi connectivity index (χ0n) is 12.6. The van der Waals surface area contributed by atoms with Crippen LogP contribution < -0.4 is 10.1 Å². The Labute approximate surface area is 132 Å². The maximum atomic E-state index is 6.15. The molecule has 112 valence electrons. The van der Waals surface area contributed by atoms with Crippen LogP contribution in [0.1, 0.15) is 24.5 Å². The van der Waals surface area contributed by atoms with Gasteiger partial charge in [-0.1, -0.05) is 54.9 Å². The first-order chi connectivity index (χ1) is 10.2. The normalized spacial score (nSPS) is 12.1. The van der Waals surface area contributed by atoms with Gasteiger partial charge in [-0.05, 0) is 36.6 Å². The topological polar surface area (TPSA) is 21.3 Å². The fraction of sp³-hybridized carbons (Fsp3) is 0.333. The van der Waals surface area contributed by atoms with E-state index < -0.39 is 0 Å². The van der Waals surface area contributed by atoms with Crippen molar-refractivity contribution < 1.29 is 4.74 Å². The van der Waals surface area contributed by atoms with Gasteiger partial charge in [-0.3, -0.25) is 0 Å². The molecule has 0 saturated carbocycles. The van der Waals surface area contributed by atoms with E-state index in [0.29, 0.717) is 0 Å². The standard InChI is InChI=1S/C18H22ClNO/c1-3-16(21-18-11-7-4-8-14(18)2)13-20-12-15-9-5-6-10-17(15)19/h4-11,16,20H,3,12-13H2,1-2H3/t16-/m0/s1. The van der Waals surface area contributed by atoms with Crippen LogP contribution in [0.25, 0.3) is 0 Å². The molecule has 3 heteroatoms. The van der Waals surface area contributed by atoms with Gasteiger partial charge >= 0.3 is 0 Å². The van der Waals surface area contributed by atoms with Crippen molar-refractivity contribution in [2.45, 2.75) is 32.9 Å². The Morgan fingerprint density at radius 1 is 1.10 bits per heavy atom. The summed E-state index contributed by atoms with van der Waals surface area (Å²) < 4.78 is 6.07. The molecule has 21 heavy (non-hydrogen) atoms. The number of ether oxygens (including phenoxy) is 1. The van der Waals surface area contributed by atoms with Crippen LogP contribution in [0.15, 0.2) is 48.5 Å². The molecule has 0 heterocycles. The van der Waals surface area contributed by atoms with E-state index in [4.69, 9.17) is 16.3 Å². The minimum atomic E-state index is 0.161. The Kier molecular flexibility index (Phi) is 6.09. The minimum Gasteiger partial charge on any atom is -0.489 e. The van der Waals surface area contributed by atoms with E-state index in [1.54, 1.807) is 0 Å². The van der Waals surface area contributed by atoms with Crippen LogP contribution in [-0.2, 0) is 6.54 Å². The van der Waals surface area contributed by atoms with Crippen molar-refractivity contribution >= 4 is 11.6 Å². The molecule has 0 spiro atoms. The average molecular weight is 304 g/mol. The number of rotatable bonds is 7. The molecule has 0 bridgehead atoms. The highest BCUT2D eigenvalue weighted by molar-refractivity contribution is 6.31. The number of aryl methyl sites for hydroxylation is 1. The predicted molar refractivity (Wildman–Crippen MR) is 89.0 cm³/mol. The van der Waals surface area contributed by atoms with Crippen molar-refractivity contribution in [1.29, 1.82) is 0 Å². The second-order valence-electron chi connectivity index (χ2n) is 5.14. The first-order valence-electron chi connectivity index (χ1n) is 7.37. The summed E-state index contributed by atoms with van der Waals surface area (Å²) in [7, 11) is 0. The molecule has 0 unspecified atom stereocenters. The van der Waals surface area contributed by atoms with Crippen LogP contribution in [0.3, 0.4) is 0 Å². The summed E-state index contributed by atoms with van der Waals surface area (Å²) in [4.78, 5) is 0. The smallest absolute Gasteiger partial charge is 0.122 e. The highest BCUT2D eigenvalue weighted by Gasteiger charge is 2.09. The number of hydrogen-bond donors (Lipinski definition) is 1. The molecule has 1 N–H and O–H groups in total. The van der Waals surface area contributed by atoms with E-state index in [1.165, 1.54) is 5.56 Å². The van der Waals surface area contributed by atoms with Crippen molar-refractivity contribution in [3.8, 4) is 5.75 Å². The lowest BCUT2D eigenvalue weighted by Gasteiger charge is -2.19. The maximum absolute atomic E-state index is 6.15. The van der Waals surface area contributed by atoms with Gasteiger partial charge < -0.3 is 10.1 Å². The lowest BCUT2D eigenvalue weighted by atomic mass is 10.2. The highest BCUT2D eigenvalue weighted by Crippen LogP contribution is 2.19.